The van der Waals surface area contributed by atoms with Gasteiger partial charge in [0.1, 0.15) is 11.5 Å². The molecule has 4 heterocycles. The lowest BCUT2D eigenvalue weighted by molar-refractivity contribution is -0.116. The van der Waals surface area contributed by atoms with Gasteiger partial charge in [0.05, 0.1) is 12.8 Å². The zero-order valence-corrected chi connectivity index (χ0v) is 19.5. The molecule has 10 nitrogen and oxygen atoms in total. The van der Waals surface area contributed by atoms with Crippen LogP contribution in [0.5, 0.6) is 0 Å². The summed E-state index contributed by atoms with van der Waals surface area (Å²) in [7, 11) is -1.97. The van der Waals surface area contributed by atoms with Crippen LogP contribution in [-0.4, -0.2) is 47.1 Å². The van der Waals surface area contributed by atoms with Crippen molar-refractivity contribution >= 4 is 50.1 Å². The number of fused-ring (bicyclic) bond motifs is 2. The van der Waals surface area contributed by atoms with Crippen molar-refractivity contribution in [1.82, 2.24) is 19.5 Å². The van der Waals surface area contributed by atoms with E-state index in [9.17, 15) is 13.2 Å². The first-order chi connectivity index (χ1) is 16.3. The number of pyridine rings is 1. The van der Waals surface area contributed by atoms with Gasteiger partial charge in [-0.2, -0.15) is 4.98 Å². The highest BCUT2D eigenvalue weighted by Gasteiger charge is 2.18. The zero-order chi connectivity index (χ0) is 23.9. The van der Waals surface area contributed by atoms with Crippen LogP contribution < -0.4 is 14.9 Å². The van der Waals surface area contributed by atoms with Crippen molar-refractivity contribution in [2.24, 2.45) is 0 Å². The average molecular weight is 478 g/mol. The van der Waals surface area contributed by atoms with Gasteiger partial charge in [-0.1, -0.05) is 12.1 Å². The average Bonchev–Trinajstić information content (AvgIpc) is 3.20. The molecular formula is C23H23N7O3S. The maximum absolute atomic E-state index is 12.1. The van der Waals surface area contributed by atoms with Gasteiger partial charge in [-0.15, -0.1) is 0 Å². The molecule has 0 aliphatic carbocycles. The van der Waals surface area contributed by atoms with Gasteiger partial charge in [0, 0.05) is 54.4 Å². The fourth-order valence-electron chi connectivity index (χ4n) is 3.91. The second-order valence-corrected chi connectivity index (χ2v) is 10.2. The molecule has 174 valence electrons. The fourth-order valence-corrected chi connectivity index (χ4v) is 4.39. The molecule has 34 heavy (non-hydrogen) atoms. The first-order valence-electron chi connectivity index (χ1n) is 10.7. The van der Waals surface area contributed by atoms with Crippen LogP contribution in [0.4, 0.5) is 23.1 Å². The maximum atomic E-state index is 12.1. The molecule has 0 saturated heterocycles. The summed E-state index contributed by atoms with van der Waals surface area (Å²) < 4.78 is 27.2. The number of aryl methyl sites for hydroxylation is 1. The van der Waals surface area contributed by atoms with E-state index in [1.54, 1.807) is 18.5 Å². The Morgan fingerprint density at radius 1 is 1.18 bits per heavy atom. The van der Waals surface area contributed by atoms with Gasteiger partial charge in [0.15, 0.2) is 0 Å². The van der Waals surface area contributed by atoms with E-state index in [4.69, 9.17) is 0 Å². The van der Waals surface area contributed by atoms with Crippen molar-refractivity contribution in [3.05, 3.63) is 66.1 Å². The van der Waals surface area contributed by atoms with Crippen molar-refractivity contribution in [2.45, 2.75) is 19.4 Å². The number of rotatable bonds is 6. The van der Waals surface area contributed by atoms with Gasteiger partial charge in [0.25, 0.3) is 0 Å². The first-order valence-corrected chi connectivity index (χ1v) is 12.5. The van der Waals surface area contributed by atoms with Crippen LogP contribution in [0.1, 0.15) is 17.5 Å². The summed E-state index contributed by atoms with van der Waals surface area (Å²) in [6.45, 7) is 0.383. The Hall–Kier alpha value is -3.99. The number of aromatic nitrogens is 4. The topological polar surface area (TPSA) is 122 Å². The Morgan fingerprint density at radius 2 is 2.03 bits per heavy atom. The summed E-state index contributed by atoms with van der Waals surface area (Å²) in [5.74, 6) is 0.793. The largest absolute Gasteiger partial charge is 0.328 e. The summed E-state index contributed by atoms with van der Waals surface area (Å²) in [6, 6.07) is 11.3. The van der Waals surface area contributed by atoms with Gasteiger partial charge >= 0.3 is 0 Å². The van der Waals surface area contributed by atoms with E-state index in [0.29, 0.717) is 30.4 Å². The molecule has 0 saturated carbocycles. The van der Waals surface area contributed by atoms with Crippen molar-refractivity contribution in [3.8, 4) is 0 Å². The van der Waals surface area contributed by atoms with E-state index in [-0.39, 0.29) is 5.91 Å². The molecule has 11 heteroatoms. The lowest BCUT2D eigenvalue weighted by Crippen LogP contribution is -2.27. The van der Waals surface area contributed by atoms with E-state index in [0.717, 1.165) is 40.6 Å². The molecule has 0 spiro atoms. The minimum absolute atomic E-state index is 0.0106. The monoisotopic (exact) mass is 477 g/mol. The molecule has 3 aromatic heterocycles. The summed E-state index contributed by atoms with van der Waals surface area (Å²) in [5, 5.41) is 6.95. The smallest absolute Gasteiger partial charge is 0.233 e. The zero-order valence-electron chi connectivity index (χ0n) is 18.7. The minimum Gasteiger partial charge on any atom is -0.328 e. The van der Waals surface area contributed by atoms with Crippen LogP contribution in [0.2, 0.25) is 0 Å². The molecule has 0 radical (unpaired) electrons. The van der Waals surface area contributed by atoms with Crippen molar-refractivity contribution in [1.29, 1.82) is 0 Å². The summed E-state index contributed by atoms with van der Waals surface area (Å²) in [6.07, 6.45) is 7.55. The number of anilines is 4. The van der Waals surface area contributed by atoms with Crippen LogP contribution in [0.25, 0.3) is 11.0 Å². The Labute approximate surface area is 196 Å². The molecule has 0 fully saturated rings. The number of hydrogen-bond acceptors (Lipinski definition) is 7. The number of amides is 1. The summed E-state index contributed by atoms with van der Waals surface area (Å²) >= 11 is 0. The normalized spacial score (nSPS) is 13.4. The predicted molar refractivity (Wildman–Crippen MR) is 131 cm³/mol. The van der Waals surface area contributed by atoms with Gasteiger partial charge in [-0.25, -0.2) is 18.4 Å². The molecular weight excluding hydrogens is 454 g/mol. The van der Waals surface area contributed by atoms with Crippen LogP contribution in [0.3, 0.4) is 0 Å². The third kappa shape index (κ3) is 4.29. The number of hydrogen-bond donors (Lipinski definition) is 2. The van der Waals surface area contributed by atoms with Crippen molar-refractivity contribution in [2.75, 3.05) is 28.2 Å². The third-order valence-electron chi connectivity index (χ3n) is 5.77. The molecule has 0 atom stereocenters. The highest BCUT2D eigenvalue weighted by atomic mass is 32.2. The Kier molecular flexibility index (Phi) is 5.40. The predicted octanol–water partition coefficient (Wildman–Crippen LogP) is 2.90. The summed E-state index contributed by atoms with van der Waals surface area (Å²) in [5.41, 5.74) is 4.10. The van der Waals surface area contributed by atoms with Crippen LogP contribution in [-0.2, 0) is 27.8 Å². The number of benzene rings is 1. The van der Waals surface area contributed by atoms with Crippen LogP contribution in [0.15, 0.2) is 55.0 Å². The highest BCUT2D eigenvalue weighted by Crippen LogP contribution is 2.28. The molecule has 5 rings (SSSR count). The highest BCUT2D eigenvalue weighted by molar-refractivity contribution is 7.92. The van der Waals surface area contributed by atoms with E-state index < -0.39 is 10.0 Å². The lowest BCUT2D eigenvalue weighted by atomic mass is 10.0. The SMILES string of the molecule is CN(c1ncccc1Cn1ccc2cnc(Nc3ccc4c(c3)NC(=O)CC4)nc21)S(C)(=O)=O. The van der Waals surface area contributed by atoms with Crippen LogP contribution >= 0.6 is 0 Å². The van der Waals surface area contributed by atoms with E-state index in [1.165, 1.54) is 11.4 Å². The minimum atomic E-state index is -3.45. The molecule has 0 unspecified atom stereocenters. The van der Waals surface area contributed by atoms with Gasteiger partial charge < -0.3 is 15.2 Å². The molecule has 0 bridgehead atoms. The van der Waals surface area contributed by atoms with Gasteiger partial charge in [-0.05, 0) is 36.2 Å². The molecule has 1 aliphatic rings. The summed E-state index contributed by atoms with van der Waals surface area (Å²) in [4.78, 5) is 25.1. The Bertz CT molecular complexity index is 1510. The third-order valence-corrected chi connectivity index (χ3v) is 6.94. The Morgan fingerprint density at radius 3 is 2.85 bits per heavy atom. The van der Waals surface area contributed by atoms with E-state index in [2.05, 4.69) is 25.6 Å². The molecule has 2 N–H and O–H groups in total. The number of nitrogens with zero attached hydrogens (tertiary/aromatic N) is 5. The molecule has 1 amide bonds. The van der Waals surface area contributed by atoms with Gasteiger partial charge in [0.2, 0.25) is 21.9 Å². The molecule has 1 aliphatic heterocycles. The van der Waals surface area contributed by atoms with Gasteiger partial charge in [-0.3, -0.25) is 9.10 Å². The first kappa shape index (κ1) is 21.8. The quantitative estimate of drug-likeness (QED) is 0.438. The van der Waals surface area contributed by atoms with E-state index in [1.807, 2.05) is 41.1 Å². The fraction of sp³-hybridized carbons (Fsp3) is 0.217. The second kappa shape index (κ2) is 8.41. The standard InChI is InChI=1S/C23H23N7O3S/c1-29(34(2,32)33)21-17(4-3-10-24-21)14-30-11-9-16-13-25-23(28-22(16)30)26-18-7-5-15-6-8-20(31)27-19(15)12-18/h3-5,7,9-13H,6,8,14H2,1-2H3,(H,27,31)(H,25,26,28). The number of sulfonamides is 1. The van der Waals surface area contributed by atoms with Crippen molar-refractivity contribution in [3.63, 3.8) is 0 Å². The Balaban J connectivity index is 1.44. The number of carbonyl (C=O) groups is 1. The van der Waals surface area contributed by atoms with Crippen molar-refractivity contribution < 1.29 is 13.2 Å². The lowest BCUT2D eigenvalue weighted by Gasteiger charge is -2.19. The van der Waals surface area contributed by atoms with Crippen LogP contribution in [0, 0.1) is 0 Å². The number of carbonyl (C=O) groups excluding carboxylic acids is 1. The molecule has 1 aromatic carbocycles. The maximum Gasteiger partial charge on any atom is 0.233 e. The van der Waals surface area contributed by atoms with E-state index >= 15 is 0 Å². The number of nitrogens with one attached hydrogen (secondary N) is 2. The second-order valence-electron chi connectivity index (χ2n) is 8.18. The molecule has 4 aromatic rings.